The molecule has 94 valence electrons. The third-order valence-corrected chi connectivity index (χ3v) is 3.76. The molecular formula is C14H16N2O2. The molecular weight excluding hydrogens is 228 g/mol. The van der Waals surface area contributed by atoms with Crippen molar-refractivity contribution in [3.63, 3.8) is 0 Å². The van der Waals surface area contributed by atoms with Crippen LogP contribution in [0.1, 0.15) is 29.8 Å². The van der Waals surface area contributed by atoms with Gasteiger partial charge in [0.05, 0.1) is 6.04 Å². The van der Waals surface area contributed by atoms with E-state index in [0.29, 0.717) is 6.04 Å². The van der Waals surface area contributed by atoms with E-state index < -0.39 is 0 Å². The maximum Gasteiger partial charge on any atom is 0.225 e. The molecule has 4 nitrogen and oxygen atoms in total. The predicted molar refractivity (Wildman–Crippen MR) is 68.6 cm³/mol. The van der Waals surface area contributed by atoms with Crippen molar-refractivity contribution < 1.29 is 9.59 Å². The normalized spacial score (nSPS) is 27.4. The molecule has 0 N–H and O–H groups in total. The van der Waals surface area contributed by atoms with Crippen molar-refractivity contribution in [3.05, 3.63) is 29.3 Å². The number of amides is 1. The van der Waals surface area contributed by atoms with E-state index in [-0.39, 0.29) is 17.9 Å². The number of Topliss-reactive ketones (excluding diaryl/α,β-unsaturated/α-hetero) is 1. The average molecular weight is 244 g/mol. The molecule has 0 aliphatic carbocycles. The number of fused-ring (bicyclic) bond motifs is 1. The Labute approximate surface area is 106 Å². The molecule has 2 aliphatic rings. The maximum absolute atomic E-state index is 11.8. The number of aryl methyl sites for hydroxylation is 1. The van der Waals surface area contributed by atoms with E-state index in [2.05, 4.69) is 4.90 Å². The number of hydrogen-bond donors (Lipinski definition) is 0. The van der Waals surface area contributed by atoms with Crippen LogP contribution in [0, 0.1) is 6.92 Å². The summed E-state index contributed by atoms with van der Waals surface area (Å²) < 4.78 is 0. The van der Waals surface area contributed by atoms with Gasteiger partial charge in [0.15, 0.2) is 5.78 Å². The third kappa shape index (κ3) is 1.64. The van der Waals surface area contributed by atoms with Gasteiger partial charge in [-0.15, -0.1) is 0 Å². The molecule has 0 bridgehead atoms. The molecule has 0 spiro atoms. The lowest BCUT2D eigenvalue weighted by molar-refractivity contribution is -0.116. The highest BCUT2D eigenvalue weighted by atomic mass is 16.2. The van der Waals surface area contributed by atoms with Crippen LogP contribution in [0.4, 0.5) is 5.69 Å². The van der Waals surface area contributed by atoms with Gasteiger partial charge in [0.2, 0.25) is 5.91 Å². The largest absolute Gasteiger partial charge is 0.295 e. The van der Waals surface area contributed by atoms with Crippen LogP contribution in [0.3, 0.4) is 0 Å². The van der Waals surface area contributed by atoms with Crippen LogP contribution in [-0.2, 0) is 4.79 Å². The van der Waals surface area contributed by atoms with Crippen LogP contribution >= 0.6 is 0 Å². The van der Waals surface area contributed by atoms with Crippen molar-refractivity contribution in [3.8, 4) is 0 Å². The summed E-state index contributed by atoms with van der Waals surface area (Å²) in [6.45, 7) is 6.17. The Morgan fingerprint density at radius 1 is 1.33 bits per heavy atom. The van der Waals surface area contributed by atoms with Gasteiger partial charge in [0.1, 0.15) is 6.17 Å². The minimum atomic E-state index is 0.0576. The summed E-state index contributed by atoms with van der Waals surface area (Å²) in [6.07, 6.45) is 0.255. The molecule has 0 saturated carbocycles. The van der Waals surface area contributed by atoms with Crippen molar-refractivity contribution in [1.82, 2.24) is 4.90 Å². The lowest BCUT2D eigenvalue weighted by Gasteiger charge is -2.24. The van der Waals surface area contributed by atoms with Crippen LogP contribution < -0.4 is 4.90 Å². The Balaban J connectivity index is 1.92. The number of carbonyl (C=O) groups is 2. The Bertz CT molecular complexity index is 545. The molecule has 2 aliphatic heterocycles. The molecule has 1 aromatic rings. The minimum absolute atomic E-state index is 0.0576. The standard InChI is InChI=1S/C14H16N2O2/c1-8-6-11(4-5-12(8)9(2)17)16(10(3)18)14-13-7-15(13)14/h4-6,13-14H,7H2,1-3H3. The van der Waals surface area contributed by atoms with Crippen molar-refractivity contribution in [2.75, 3.05) is 11.4 Å². The summed E-state index contributed by atoms with van der Waals surface area (Å²) in [5.41, 5.74) is 2.54. The van der Waals surface area contributed by atoms with Gasteiger partial charge in [0, 0.05) is 24.7 Å². The van der Waals surface area contributed by atoms with Crippen molar-refractivity contribution in [1.29, 1.82) is 0 Å². The van der Waals surface area contributed by atoms with Gasteiger partial charge in [-0.05, 0) is 37.6 Å². The van der Waals surface area contributed by atoms with E-state index in [9.17, 15) is 9.59 Å². The first-order valence-corrected chi connectivity index (χ1v) is 6.18. The number of anilines is 1. The Morgan fingerprint density at radius 3 is 2.39 bits per heavy atom. The first-order valence-electron chi connectivity index (χ1n) is 6.18. The molecule has 0 radical (unpaired) electrons. The number of benzene rings is 1. The fraction of sp³-hybridized carbons (Fsp3) is 0.429. The van der Waals surface area contributed by atoms with E-state index >= 15 is 0 Å². The van der Waals surface area contributed by atoms with E-state index in [4.69, 9.17) is 0 Å². The van der Waals surface area contributed by atoms with Gasteiger partial charge < -0.3 is 0 Å². The highest BCUT2D eigenvalue weighted by molar-refractivity contribution is 5.97. The van der Waals surface area contributed by atoms with E-state index in [1.165, 1.54) is 0 Å². The summed E-state index contributed by atoms with van der Waals surface area (Å²) in [4.78, 5) is 27.2. The topological polar surface area (TPSA) is 40.4 Å². The zero-order valence-corrected chi connectivity index (χ0v) is 10.8. The lowest BCUT2D eigenvalue weighted by atomic mass is 10.0. The Kier molecular flexibility index (Phi) is 2.32. The molecule has 18 heavy (non-hydrogen) atoms. The SMILES string of the molecule is CC(=O)c1ccc(N(C(C)=O)C2C3CN32)cc1C. The second kappa shape index (κ2) is 3.65. The van der Waals surface area contributed by atoms with E-state index in [0.717, 1.165) is 23.4 Å². The van der Waals surface area contributed by atoms with Gasteiger partial charge in [0.25, 0.3) is 0 Å². The highest BCUT2D eigenvalue weighted by Gasteiger charge is 2.65. The van der Waals surface area contributed by atoms with Crippen LogP contribution in [0.15, 0.2) is 18.2 Å². The molecule has 4 heteroatoms. The summed E-state index contributed by atoms with van der Waals surface area (Å²) in [5.74, 6) is 0.119. The molecule has 2 fully saturated rings. The molecule has 2 saturated heterocycles. The average Bonchev–Trinajstić information content (AvgIpc) is 3.14. The highest BCUT2D eigenvalue weighted by Crippen LogP contribution is 2.47. The molecule has 3 rings (SSSR count). The Hall–Kier alpha value is -1.68. The summed E-state index contributed by atoms with van der Waals surface area (Å²) in [5, 5.41) is 0. The summed E-state index contributed by atoms with van der Waals surface area (Å²) in [6, 6.07) is 6.18. The predicted octanol–water partition coefficient (Wildman–Crippen LogP) is 1.57. The van der Waals surface area contributed by atoms with E-state index in [1.54, 1.807) is 13.8 Å². The fourth-order valence-corrected chi connectivity index (χ4v) is 2.58. The maximum atomic E-state index is 11.8. The number of rotatable bonds is 3. The second-order valence-corrected chi connectivity index (χ2v) is 5.12. The number of carbonyl (C=O) groups excluding carboxylic acids is 2. The van der Waals surface area contributed by atoms with Crippen LogP contribution in [-0.4, -0.2) is 35.3 Å². The lowest BCUT2D eigenvalue weighted by Crippen LogP contribution is -2.37. The van der Waals surface area contributed by atoms with Crippen molar-refractivity contribution >= 4 is 17.4 Å². The first kappa shape index (κ1) is 11.4. The van der Waals surface area contributed by atoms with Crippen LogP contribution in [0.2, 0.25) is 0 Å². The summed E-state index contributed by atoms with van der Waals surface area (Å²) in [7, 11) is 0. The number of hydrogen-bond acceptors (Lipinski definition) is 3. The Morgan fingerprint density at radius 2 is 2.00 bits per heavy atom. The van der Waals surface area contributed by atoms with Gasteiger partial charge in [-0.3, -0.25) is 19.4 Å². The monoisotopic (exact) mass is 244 g/mol. The van der Waals surface area contributed by atoms with Crippen molar-refractivity contribution in [2.45, 2.75) is 33.0 Å². The van der Waals surface area contributed by atoms with Gasteiger partial charge in [-0.25, -0.2) is 0 Å². The summed E-state index contributed by atoms with van der Waals surface area (Å²) >= 11 is 0. The first-order chi connectivity index (χ1) is 8.50. The molecule has 3 unspecified atom stereocenters. The molecule has 1 amide bonds. The van der Waals surface area contributed by atoms with Crippen LogP contribution in [0.25, 0.3) is 0 Å². The molecule has 3 atom stereocenters. The number of ketones is 1. The molecule has 2 heterocycles. The quantitative estimate of drug-likeness (QED) is 0.598. The number of nitrogens with zero attached hydrogens (tertiary/aromatic N) is 2. The molecule has 0 aromatic heterocycles. The van der Waals surface area contributed by atoms with Crippen LogP contribution in [0.5, 0.6) is 0 Å². The zero-order valence-electron chi connectivity index (χ0n) is 10.8. The van der Waals surface area contributed by atoms with Gasteiger partial charge in [-0.2, -0.15) is 0 Å². The molecule has 1 aromatic carbocycles. The third-order valence-electron chi connectivity index (χ3n) is 3.76. The van der Waals surface area contributed by atoms with Gasteiger partial charge in [-0.1, -0.05) is 0 Å². The fourth-order valence-electron chi connectivity index (χ4n) is 2.58. The van der Waals surface area contributed by atoms with Gasteiger partial charge >= 0.3 is 0 Å². The zero-order chi connectivity index (χ0) is 13.0. The second-order valence-electron chi connectivity index (χ2n) is 5.12. The minimum Gasteiger partial charge on any atom is -0.295 e. The smallest absolute Gasteiger partial charge is 0.225 e. The van der Waals surface area contributed by atoms with E-state index in [1.807, 2.05) is 30.0 Å². The van der Waals surface area contributed by atoms with Crippen molar-refractivity contribution in [2.24, 2.45) is 0 Å².